The highest BCUT2D eigenvalue weighted by Gasteiger charge is 2.21. The van der Waals surface area contributed by atoms with E-state index in [0.29, 0.717) is 45.0 Å². The molecular formula is C25H19BrN4O4. The zero-order valence-corrected chi connectivity index (χ0v) is 19.7. The average Bonchev–Trinajstić information content (AvgIpc) is 3.31. The first-order chi connectivity index (χ1) is 16.5. The summed E-state index contributed by atoms with van der Waals surface area (Å²) in [7, 11) is 1.50. The van der Waals surface area contributed by atoms with Crippen LogP contribution in [-0.2, 0) is 6.42 Å². The lowest BCUT2D eigenvalue weighted by molar-refractivity contribution is 0.0728. The van der Waals surface area contributed by atoms with Crippen LogP contribution in [0.2, 0.25) is 0 Å². The molecule has 0 bridgehead atoms. The van der Waals surface area contributed by atoms with Crippen LogP contribution in [0.1, 0.15) is 26.4 Å². The van der Waals surface area contributed by atoms with Crippen molar-refractivity contribution in [3.8, 4) is 34.3 Å². The number of aromatic nitrogens is 3. The summed E-state index contributed by atoms with van der Waals surface area (Å²) in [6, 6.07) is 15.8. The minimum atomic E-state index is -0.495. The smallest absolute Gasteiger partial charge is 0.343 e. The second kappa shape index (κ2) is 9.11. The van der Waals surface area contributed by atoms with E-state index in [9.17, 15) is 9.59 Å². The van der Waals surface area contributed by atoms with Crippen molar-refractivity contribution < 1.29 is 19.1 Å². The van der Waals surface area contributed by atoms with Gasteiger partial charge in [-0.1, -0.05) is 18.2 Å². The number of aromatic amines is 1. The highest BCUT2D eigenvalue weighted by molar-refractivity contribution is 9.10. The van der Waals surface area contributed by atoms with Gasteiger partial charge in [-0.25, -0.2) is 14.8 Å². The molecule has 4 aromatic rings. The first-order valence-electron chi connectivity index (χ1n) is 10.5. The van der Waals surface area contributed by atoms with Crippen LogP contribution < -0.4 is 14.8 Å². The number of esters is 1. The van der Waals surface area contributed by atoms with E-state index in [2.05, 4.69) is 36.2 Å². The highest BCUT2D eigenvalue weighted by atomic mass is 79.9. The SMILES string of the molecule is COc1cc(-c2nccc(-c3cc4c([nH]3)CCNC4=O)n2)cc(Br)c1OC(=O)c1ccccc1. The fraction of sp³-hybridized carbons (Fsp3) is 0.120. The molecule has 0 saturated heterocycles. The van der Waals surface area contributed by atoms with Gasteiger partial charge in [-0.3, -0.25) is 4.79 Å². The molecule has 8 nitrogen and oxygen atoms in total. The number of halogens is 1. The third-order valence-electron chi connectivity index (χ3n) is 5.43. The van der Waals surface area contributed by atoms with Crippen molar-refractivity contribution in [1.82, 2.24) is 20.3 Å². The molecule has 1 amide bonds. The maximum Gasteiger partial charge on any atom is 0.343 e. The first kappa shape index (κ1) is 21.8. The molecule has 1 aliphatic rings. The second-order valence-corrected chi connectivity index (χ2v) is 8.45. The number of nitrogens with zero attached hydrogens (tertiary/aromatic N) is 2. The van der Waals surface area contributed by atoms with E-state index in [1.54, 1.807) is 54.7 Å². The number of benzene rings is 2. The van der Waals surface area contributed by atoms with Crippen molar-refractivity contribution in [3.63, 3.8) is 0 Å². The molecule has 0 radical (unpaired) electrons. The Kier molecular flexibility index (Phi) is 5.85. The number of H-pyrrole nitrogens is 1. The molecule has 2 aromatic heterocycles. The monoisotopic (exact) mass is 518 g/mol. The molecule has 0 unspecified atom stereocenters. The molecule has 1 aliphatic heterocycles. The normalized spacial score (nSPS) is 12.6. The van der Waals surface area contributed by atoms with Gasteiger partial charge < -0.3 is 19.8 Å². The molecule has 0 aliphatic carbocycles. The third kappa shape index (κ3) is 4.17. The number of hydrogen-bond donors (Lipinski definition) is 2. The molecule has 0 fully saturated rings. The summed E-state index contributed by atoms with van der Waals surface area (Å²) >= 11 is 3.48. The predicted molar refractivity (Wildman–Crippen MR) is 129 cm³/mol. The zero-order chi connectivity index (χ0) is 23.7. The number of ether oxygens (including phenoxy) is 2. The molecule has 3 heterocycles. The van der Waals surface area contributed by atoms with E-state index in [1.165, 1.54) is 7.11 Å². The van der Waals surface area contributed by atoms with Crippen LogP contribution in [0.3, 0.4) is 0 Å². The summed E-state index contributed by atoms with van der Waals surface area (Å²) < 4.78 is 11.6. The number of carbonyl (C=O) groups excluding carboxylic acids is 2. The zero-order valence-electron chi connectivity index (χ0n) is 18.1. The van der Waals surface area contributed by atoms with Crippen molar-refractivity contribution in [1.29, 1.82) is 0 Å². The Bertz CT molecular complexity index is 1400. The van der Waals surface area contributed by atoms with Gasteiger partial charge in [0.1, 0.15) is 0 Å². The quantitative estimate of drug-likeness (QED) is 0.299. The van der Waals surface area contributed by atoms with E-state index < -0.39 is 5.97 Å². The molecule has 0 saturated carbocycles. The lowest BCUT2D eigenvalue weighted by Crippen LogP contribution is -2.31. The van der Waals surface area contributed by atoms with Crippen LogP contribution in [-0.4, -0.2) is 40.5 Å². The van der Waals surface area contributed by atoms with E-state index in [0.717, 1.165) is 17.8 Å². The number of carbonyl (C=O) groups is 2. The average molecular weight is 519 g/mol. The van der Waals surface area contributed by atoms with Crippen molar-refractivity contribution in [2.45, 2.75) is 6.42 Å². The number of nitrogens with one attached hydrogen (secondary N) is 2. The Balaban J connectivity index is 1.47. The lowest BCUT2D eigenvalue weighted by Gasteiger charge is -2.13. The Hall–Kier alpha value is -3.98. The van der Waals surface area contributed by atoms with Crippen LogP contribution in [0.5, 0.6) is 11.5 Å². The van der Waals surface area contributed by atoms with Crippen molar-refractivity contribution in [2.75, 3.05) is 13.7 Å². The summed E-state index contributed by atoms with van der Waals surface area (Å²) in [4.78, 5) is 37.0. The van der Waals surface area contributed by atoms with E-state index in [-0.39, 0.29) is 11.7 Å². The number of fused-ring (bicyclic) bond motifs is 1. The standard InChI is InChI=1S/C25H19BrN4O4/c1-33-21-12-15(11-17(26)22(21)34-25(32)14-5-3-2-4-6-14)23-27-9-8-19(30-23)20-13-16-18(29-20)7-10-28-24(16)31/h2-6,8-9,11-13,29H,7,10H2,1H3,(H,28,31). The minimum absolute atomic E-state index is 0.0904. The molecular weight excluding hydrogens is 500 g/mol. The van der Waals surface area contributed by atoms with Crippen LogP contribution in [0.25, 0.3) is 22.8 Å². The molecule has 34 heavy (non-hydrogen) atoms. The third-order valence-corrected chi connectivity index (χ3v) is 6.02. The van der Waals surface area contributed by atoms with E-state index in [4.69, 9.17) is 9.47 Å². The summed E-state index contributed by atoms with van der Waals surface area (Å²) in [5.41, 5.74) is 4.02. The van der Waals surface area contributed by atoms with Crippen molar-refractivity contribution in [3.05, 3.63) is 82.1 Å². The largest absolute Gasteiger partial charge is 0.493 e. The summed E-state index contributed by atoms with van der Waals surface area (Å²) in [6.45, 7) is 0.607. The Morgan fingerprint density at radius 3 is 2.71 bits per heavy atom. The molecule has 0 atom stereocenters. The Morgan fingerprint density at radius 2 is 1.94 bits per heavy atom. The van der Waals surface area contributed by atoms with Gasteiger partial charge in [0, 0.05) is 30.4 Å². The number of hydrogen-bond acceptors (Lipinski definition) is 6. The maximum absolute atomic E-state index is 12.5. The molecule has 2 aromatic carbocycles. The van der Waals surface area contributed by atoms with E-state index >= 15 is 0 Å². The van der Waals surface area contributed by atoms with Crippen LogP contribution in [0.4, 0.5) is 0 Å². The summed E-state index contributed by atoms with van der Waals surface area (Å²) in [5.74, 6) is 0.487. The fourth-order valence-corrected chi connectivity index (χ4v) is 4.28. The van der Waals surface area contributed by atoms with Gasteiger partial charge in [0.15, 0.2) is 17.3 Å². The van der Waals surface area contributed by atoms with Crippen molar-refractivity contribution >= 4 is 27.8 Å². The molecule has 9 heteroatoms. The van der Waals surface area contributed by atoms with Crippen molar-refractivity contribution in [2.24, 2.45) is 0 Å². The molecule has 170 valence electrons. The van der Waals surface area contributed by atoms with Gasteiger partial charge in [-0.05, 0) is 52.3 Å². The predicted octanol–water partition coefficient (Wildman–Crippen LogP) is 4.41. The number of rotatable bonds is 5. The van der Waals surface area contributed by atoms with Crippen LogP contribution in [0.15, 0.2) is 65.3 Å². The van der Waals surface area contributed by atoms with Gasteiger partial charge in [0.25, 0.3) is 5.91 Å². The second-order valence-electron chi connectivity index (χ2n) is 7.59. The van der Waals surface area contributed by atoms with Gasteiger partial charge in [0.2, 0.25) is 0 Å². The molecule has 0 spiro atoms. The first-order valence-corrected chi connectivity index (χ1v) is 11.3. The highest BCUT2D eigenvalue weighted by Crippen LogP contribution is 2.39. The lowest BCUT2D eigenvalue weighted by atomic mass is 10.1. The van der Waals surface area contributed by atoms with Crippen LogP contribution >= 0.6 is 15.9 Å². The minimum Gasteiger partial charge on any atom is -0.493 e. The maximum atomic E-state index is 12.5. The van der Waals surface area contributed by atoms with Gasteiger partial charge in [-0.2, -0.15) is 0 Å². The fourth-order valence-electron chi connectivity index (χ4n) is 3.75. The molecule has 5 rings (SSSR count). The summed E-state index contributed by atoms with van der Waals surface area (Å²) in [5, 5.41) is 2.84. The van der Waals surface area contributed by atoms with Gasteiger partial charge in [0.05, 0.1) is 34.1 Å². The van der Waals surface area contributed by atoms with Gasteiger partial charge >= 0.3 is 5.97 Å². The van der Waals surface area contributed by atoms with Crippen LogP contribution in [0, 0.1) is 0 Å². The number of amides is 1. The Morgan fingerprint density at radius 1 is 1.12 bits per heavy atom. The van der Waals surface area contributed by atoms with Gasteiger partial charge in [-0.15, -0.1) is 0 Å². The topological polar surface area (TPSA) is 106 Å². The number of methoxy groups -OCH3 is 1. The van der Waals surface area contributed by atoms with E-state index in [1.807, 2.05) is 6.07 Å². The Labute approximate surface area is 203 Å². The summed E-state index contributed by atoms with van der Waals surface area (Å²) in [6.07, 6.45) is 2.40. The molecule has 2 N–H and O–H groups in total.